The van der Waals surface area contributed by atoms with Crippen LogP contribution in [0.25, 0.3) is 33.1 Å². The molecule has 0 amide bonds. The van der Waals surface area contributed by atoms with E-state index in [-0.39, 0.29) is 77.6 Å². The molecule has 3 aromatic carbocycles. The SMILES string of the molecule is C/C(=N\OCC(=O)O)c1nc2ccccc2n(C2C[C@H]3CCC[C@@H](C2)N3CCC2CC[C@H]3C[C@@H]2C3(C)C)c1=O.CO/N=C(\CCC(=O)O)c1nc2ccccc2n(C2C[C@H]3CCC[C@@H](C2)N3C2CCCCCCCC2)c1=O.CO/N=C(\CCC(=O)O)c1nc2ccccc2n(C2C[C@H]3CCC[C@@H](C2)N3C2CCCCCCCCC2)c1=O. The second-order valence-corrected chi connectivity index (χ2v) is 36.2. The fourth-order valence-corrected chi connectivity index (χ4v) is 23.5. The van der Waals surface area contributed by atoms with E-state index in [1.54, 1.807) is 6.92 Å². The molecule has 9 heterocycles. The van der Waals surface area contributed by atoms with Gasteiger partial charge in [-0.15, -0.1) is 0 Å². The lowest BCUT2D eigenvalue weighted by Crippen LogP contribution is -2.57. The molecule has 24 heteroatoms. The summed E-state index contributed by atoms with van der Waals surface area (Å²) in [4.78, 5) is 113. The van der Waals surface area contributed by atoms with Crippen molar-refractivity contribution in [1.29, 1.82) is 0 Å². The van der Waals surface area contributed by atoms with Crippen molar-refractivity contribution in [2.24, 2.45) is 38.6 Å². The second-order valence-electron chi connectivity index (χ2n) is 36.2. The summed E-state index contributed by atoms with van der Waals surface area (Å²) < 4.78 is 5.86. The molecule has 116 heavy (non-hydrogen) atoms. The zero-order valence-electron chi connectivity index (χ0n) is 69.6. The Morgan fingerprint density at radius 3 is 1.14 bits per heavy atom. The highest BCUT2D eigenvalue weighted by Crippen LogP contribution is 2.62. The van der Waals surface area contributed by atoms with Crippen LogP contribution in [0.15, 0.2) is 103 Å². The number of carboxylic acid groups (broad SMARTS) is 3. The summed E-state index contributed by atoms with van der Waals surface area (Å²) in [6, 6.07) is 28.0. The molecule has 0 spiro atoms. The molecule has 628 valence electrons. The van der Waals surface area contributed by atoms with Gasteiger partial charge in [-0.25, -0.2) is 19.7 Å². The summed E-state index contributed by atoms with van der Waals surface area (Å²) in [5.41, 5.74) is 6.24. The maximum Gasteiger partial charge on any atom is 0.344 e. The highest BCUT2D eigenvalue weighted by atomic mass is 16.6. The molecule has 6 saturated heterocycles. The number of aliphatic carboxylic acids is 3. The first-order valence-corrected chi connectivity index (χ1v) is 44.7. The summed E-state index contributed by atoms with van der Waals surface area (Å²) in [6.07, 6.45) is 45.2. The summed E-state index contributed by atoms with van der Waals surface area (Å²) >= 11 is 0. The summed E-state index contributed by atoms with van der Waals surface area (Å²) in [5.74, 6) is -0.287. The van der Waals surface area contributed by atoms with E-state index in [2.05, 4.69) is 59.0 Å². The monoisotopic (exact) mass is 1590 g/mol. The maximum absolute atomic E-state index is 14.1. The number of nitrogens with zero attached hydrogens (tertiary/aromatic N) is 12. The summed E-state index contributed by atoms with van der Waals surface area (Å²) in [6.45, 7) is 7.27. The highest BCUT2D eigenvalue weighted by molar-refractivity contribution is 6.02. The Morgan fingerprint density at radius 2 is 0.767 bits per heavy atom. The van der Waals surface area contributed by atoms with Crippen LogP contribution in [0.5, 0.6) is 0 Å². The Hall–Kier alpha value is -8.22. The largest absolute Gasteiger partial charge is 0.481 e. The third-order valence-electron chi connectivity index (χ3n) is 28.9. The van der Waals surface area contributed by atoms with Gasteiger partial charge in [0.1, 0.15) is 31.4 Å². The third-order valence-corrected chi connectivity index (χ3v) is 28.9. The van der Waals surface area contributed by atoms with Crippen molar-refractivity contribution in [3.05, 3.63) is 121 Å². The van der Waals surface area contributed by atoms with Crippen LogP contribution < -0.4 is 16.7 Å². The first-order valence-electron chi connectivity index (χ1n) is 44.7. The van der Waals surface area contributed by atoms with E-state index in [0.717, 1.165) is 89.4 Å². The number of fused-ring (bicyclic) bond motifs is 11. The van der Waals surface area contributed by atoms with Gasteiger partial charge < -0.3 is 43.5 Å². The molecule has 12 atom stereocenters. The molecule has 11 fully saturated rings. The number of hydrogen-bond donors (Lipinski definition) is 3. The van der Waals surface area contributed by atoms with Crippen molar-refractivity contribution in [3.8, 4) is 0 Å². The van der Waals surface area contributed by atoms with Crippen molar-refractivity contribution >= 4 is 68.1 Å². The molecule has 8 bridgehead atoms. The van der Waals surface area contributed by atoms with Crippen LogP contribution in [-0.4, -0.2) is 169 Å². The Balaban J connectivity index is 0.000000143. The molecule has 6 aliphatic heterocycles. The first-order chi connectivity index (χ1) is 56.4. The van der Waals surface area contributed by atoms with Gasteiger partial charge in [0.05, 0.1) is 45.9 Å². The number of aromatic nitrogens is 6. The van der Waals surface area contributed by atoms with Gasteiger partial charge in [-0.1, -0.05) is 168 Å². The molecule has 3 N–H and O–H groups in total. The van der Waals surface area contributed by atoms with E-state index in [1.165, 1.54) is 213 Å². The molecule has 11 aliphatic rings. The van der Waals surface area contributed by atoms with Gasteiger partial charge >= 0.3 is 17.9 Å². The molecule has 6 aromatic rings. The normalized spacial score (nSPS) is 28.0. The van der Waals surface area contributed by atoms with Crippen molar-refractivity contribution < 1.29 is 44.2 Å². The summed E-state index contributed by atoms with van der Waals surface area (Å²) in [7, 11) is 2.82. The van der Waals surface area contributed by atoms with E-state index < -0.39 is 24.5 Å². The number of carboxylic acids is 3. The van der Waals surface area contributed by atoms with E-state index in [0.29, 0.717) is 70.9 Å². The van der Waals surface area contributed by atoms with Crippen molar-refractivity contribution in [2.75, 3.05) is 27.4 Å². The topological polar surface area (TPSA) is 291 Å². The molecule has 24 nitrogen and oxygen atoms in total. The van der Waals surface area contributed by atoms with Gasteiger partial charge in [0.25, 0.3) is 16.7 Å². The van der Waals surface area contributed by atoms with E-state index >= 15 is 0 Å². The number of piperidine rings is 6. The molecule has 5 aliphatic carbocycles. The van der Waals surface area contributed by atoms with Crippen LogP contribution in [0, 0.1) is 23.2 Å². The van der Waals surface area contributed by atoms with Crippen LogP contribution in [-0.2, 0) is 28.9 Å². The van der Waals surface area contributed by atoms with Crippen LogP contribution in [0.2, 0.25) is 0 Å². The standard InChI is InChI=1S/C31H42N4O4.C31H44N4O4.C30H42N4O4/c1-19(33-39-18-28(36)37)29-30(38)35(27-10-5-4-9-26(27)32-29)24-16-22-7-6-8-23(17-24)34(22)14-13-20-11-12-21-15-25(20)31(21,2)3;1-39-33-27(18-19-29(36)37)30-31(38)35(28-17-10-9-16-26(28)32-30)25-20-23-14-11-15-24(21-25)34(23)22-12-7-5-3-2-4-6-8-13-22;1-38-32-26(17-18-28(35)36)29-30(37)34(27-16-9-8-15-25(27)31-29)24-19-22-13-10-14-23(20-24)33(22)21-11-6-4-2-3-5-7-12-21/h4-5,9-10,20-25H,6-8,11-18H2,1-3H3,(H,36,37);9-10,16-17,22-25H,2-8,11-15,18-21H2,1H3,(H,36,37);8-9,15-16,21-24H,2-7,10-14,17-20H2,1H3,(H,35,36)/b33-19+;33-27+;32-26+/t20?,21-,22-,23+,24?,25-;23-,24+,25?;22-,23+,24?/m0../s1. The van der Waals surface area contributed by atoms with E-state index in [4.69, 9.17) is 19.6 Å². The second kappa shape index (κ2) is 39.1. The lowest BCUT2D eigenvalue weighted by Gasteiger charge is -2.60. The predicted molar refractivity (Wildman–Crippen MR) is 453 cm³/mol. The smallest absolute Gasteiger partial charge is 0.344 e. The lowest BCUT2D eigenvalue weighted by atomic mass is 9.45. The number of benzene rings is 3. The van der Waals surface area contributed by atoms with E-state index in [1.807, 2.05) is 86.5 Å². The highest BCUT2D eigenvalue weighted by Gasteiger charge is 2.54. The molecule has 5 saturated carbocycles. The van der Waals surface area contributed by atoms with Crippen LogP contribution in [0.3, 0.4) is 0 Å². The Labute approximate surface area is 683 Å². The van der Waals surface area contributed by atoms with Gasteiger partial charge in [0.2, 0.25) is 6.61 Å². The zero-order chi connectivity index (χ0) is 81.0. The minimum absolute atomic E-state index is 0.0819. The number of rotatable bonds is 22. The molecule has 3 aromatic heterocycles. The summed E-state index contributed by atoms with van der Waals surface area (Å²) in [5, 5.41) is 39.4. The Kier molecular flexibility index (Phi) is 28.4. The average molecular weight is 1590 g/mol. The van der Waals surface area contributed by atoms with Gasteiger partial charge in [0.15, 0.2) is 17.1 Å². The number of hydrogen-bond acceptors (Lipinski definition) is 18. The molecular formula is C92H128N12O12. The van der Waals surface area contributed by atoms with Gasteiger partial charge in [-0.2, -0.15) is 0 Å². The lowest BCUT2D eigenvalue weighted by molar-refractivity contribution is -0.142. The number of oxime groups is 3. The van der Waals surface area contributed by atoms with Crippen molar-refractivity contribution in [2.45, 2.75) is 344 Å². The molecule has 0 radical (unpaired) electrons. The number of para-hydroxylation sites is 6. The van der Waals surface area contributed by atoms with Gasteiger partial charge in [0, 0.05) is 79.3 Å². The van der Waals surface area contributed by atoms with Crippen LogP contribution in [0.4, 0.5) is 0 Å². The van der Waals surface area contributed by atoms with E-state index in [9.17, 15) is 39.0 Å². The van der Waals surface area contributed by atoms with Crippen molar-refractivity contribution in [3.63, 3.8) is 0 Å². The maximum atomic E-state index is 14.1. The quantitative estimate of drug-likeness (QED) is 0.0420. The zero-order valence-corrected chi connectivity index (χ0v) is 69.6. The van der Waals surface area contributed by atoms with Gasteiger partial charge in [-0.3, -0.25) is 38.7 Å². The predicted octanol–water partition coefficient (Wildman–Crippen LogP) is 17.0. The Morgan fingerprint density at radius 1 is 0.414 bits per heavy atom. The van der Waals surface area contributed by atoms with Crippen LogP contribution in [0.1, 0.15) is 313 Å². The minimum atomic E-state index is -1.11. The fraction of sp³-hybridized carbons (Fsp3) is 0.674. The molecule has 17 rings (SSSR count). The average Bonchev–Trinajstić information content (AvgIpc) is 0.734. The van der Waals surface area contributed by atoms with Gasteiger partial charge in [-0.05, 0) is 201 Å². The first kappa shape index (κ1) is 84.2. The number of carbonyl (C=O) groups is 3. The fourth-order valence-electron chi connectivity index (χ4n) is 23.5. The van der Waals surface area contributed by atoms with Crippen molar-refractivity contribution in [1.82, 2.24) is 43.4 Å². The Bertz CT molecular complexity index is 4620. The minimum Gasteiger partial charge on any atom is -0.481 e. The third kappa shape index (κ3) is 19.2. The molecular weight excluding hydrogens is 1470 g/mol. The molecule has 4 unspecified atom stereocenters. The van der Waals surface area contributed by atoms with Crippen LogP contribution >= 0.6 is 0 Å².